The number of amides is 2. The fourth-order valence-corrected chi connectivity index (χ4v) is 3.01. The molecule has 0 fully saturated rings. The Morgan fingerprint density at radius 1 is 1.03 bits per heavy atom. The molecule has 0 aromatic heterocycles. The van der Waals surface area contributed by atoms with Gasteiger partial charge in [-0.3, -0.25) is 19.2 Å². The zero-order valence-corrected chi connectivity index (χ0v) is 17.8. The number of thiol groups is 1. The zero-order valence-electron chi connectivity index (χ0n) is 16.9. The first-order valence-corrected chi connectivity index (χ1v) is 10.1. The van der Waals surface area contributed by atoms with E-state index in [2.05, 4.69) is 23.3 Å². The average Bonchev–Trinajstić information content (AvgIpc) is 2.65. The van der Waals surface area contributed by atoms with E-state index in [0.717, 1.165) is 0 Å². The Bertz CT molecular complexity index is 572. The first-order valence-electron chi connectivity index (χ1n) is 9.47. The molecule has 0 aliphatic rings. The van der Waals surface area contributed by atoms with Crippen LogP contribution < -0.4 is 16.4 Å². The van der Waals surface area contributed by atoms with Crippen LogP contribution in [-0.4, -0.2) is 70.6 Å². The number of hydrogen-bond donors (Lipinski definition) is 7. The van der Waals surface area contributed by atoms with Crippen molar-refractivity contribution in [2.24, 2.45) is 23.0 Å². The normalized spacial score (nSPS) is 14.5. The summed E-state index contributed by atoms with van der Waals surface area (Å²) in [4.78, 5) is 47.3. The van der Waals surface area contributed by atoms with E-state index in [1.54, 1.807) is 0 Å². The monoisotopic (exact) mass is 435 g/mol. The zero-order chi connectivity index (χ0) is 22.6. The SMILES string of the molecule is CC(C)(C(=O)O)C(CC(CS)C(=O)NCCO)C(=O)NCCCCC(N)C(=O)O. The molecule has 2 amide bonds. The summed E-state index contributed by atoms with van der Waals surface area (Å²) in [5.74, 6) is -4.74. The number of carboxylic acids is 2. The van der Waals surface area contributed by atoms with Crippen molar-refractivity contribution < 1.29 is 34.5 Å². The molecule has 0 rings (SSSR count). The van der Waals surface area contributed by atoms with Crippen LogP contribution in [0.5, 0.6) is 0 Å². The lowest BCUT2D eigenvalue weighted by Crippen LogP contribution is -2.46. The Hall–Kier alpha value is -1.85. The van der Waals surface area contributed by atoms with Gasteiger partial charge in [0, 0.05) is 24.8 Å². The molecular weight excluding hydrogens is 402 g/mol. The first-order chi connectivity index (χ1) is 13.5. The third-order valence-electron chi connectivity index (χ3n) is 4.82. The van der Waals surface area contributed by atoms with Gasteiger partial charge in [0.1, 0.15) is 6.04 Å². The number of hydrogen-bond acceptors (Lipinski definition) is 7. The highest BCUT2D eigenvalue weighted by Crippen LogP contribution is 2.33. The van der Waals surface area contributed by atoms with Gasteiger partial charge in [-0.1, -0.05) is 0 Å². The van der Waals surface area contributed by atoms with Gasteiger partial charge in [-0.25, -0.2) is 0 Å². The number of carboxylic acid groups (broad SMARTS) is 2. The number of nitrogens with two attached hydrogens (primary N) is 1. The van der Waals surface area contributed by atoms with Crippen molar-refractivity contribution in [3.8, 4) is 0 Å². The van der Waals surface area contributed by atoms with E-state index in [9.17, 15) is 24.3 Å². The molecule has 3 atom stereocenters. The molecule has 0 aromatic rings. The second kappa shape index (κ2) is 13.4. The van der Waals surface area contributed by atoms with Crippen LogP contribution in [0.15, 0.2) is 0 Å². The van der Waals surface area contributed by atoms with Crippen LogP contribution in [0.1, 0.15) is 39.5 Å². The average molecular weight is 436 g/mol. The minimum atomic E-state index is -1.42. The number of unbranched alkanes of at least 4 members (excludes halogenated alkanes) is 1. The number of carbonyl (C=O) groups excluding carboxylic acids is 2. The Balaban J connectivity index is 4.99. The lowest BCUT2D eigenvalue weighted by Gasteiger charge is -2.31. The van der Waals surface area contributed by atoms with E-state index < -0.39 is 47.0 Å². The fraction of sp³-hybridized carbons (Fsp3) is 0.778. The van der Waals surface area contributed by atoms with Gasteiger partial charge in [0.15, 0.2) is 0 Å². The molecule has 7 N–H and O–H groups in total. The van der Waals surface area contributed by atoms with Crippen molar-refractivity contribution in [2.75, 3.05) is 25.4 Å². The van der Waals surface area contributed by atoms with E-state index in [1.165, 1.54) is 13.8 Å². The summed E-state index contributed by atoms with van der Waals surface area (Å²) in [6.45, 7) is 2.90. The number of carbonyl (C=O) groups is 4. The molecule has 0 aliphatic heterocycles. The standard InChI is InChI=1S/C18H33N3O7S/c1-18(2,17(27)28)12(9-11(10-29)14(23)21-7-8-22)15(24)20-6-4-3-5-13(19)16(25)26/h11-13,22,29H,3-10,19H2,1-2H3,(H,20,24)(H,21,23)(H,25,26)(H,27,28). The maximum absolute atomic E-state index is 12.7. The Labute approximate surface area is 176 Å². The van der Waals surface area contributed by atoms with Crippen LogP contribution in [0.4, 0.5) is 0 Å². The number of aliphatic carboxylic acids is 2. The quantitative estimate of drug-likeness (QED) is 0.132. The highest BCUT2D eigenvalue weighted by Gasteiger charge is 2.43. The molecule has 0 spiro atoms. The topological polar surface area (TPSA) is 179 Å². The van der Waals surface area contributed by atoms with Gasteiger partial charge in [-0.2, -0.15) is 12.6 Å². The second-order valence-corrected chi connectivity index (χ2v) is 7.81. The highest BCUT2D eigenvalue weighted by molar-refractivity contribution is 7.80. The molecule has 0 bridgehead atoms. The van der Waals surface area contributed by atoms with E-state index in [1.807, 2.05) is 0 Å². The first kappa shape index (κ1) is 27.1. The minimum Gasteiger partial charge on any atom is -0.481 e. The summed E-state index contributed by atoms with van der Waals surface area (Å²) < 4.78 is 0. The molecule has 0 saturated carbocycles. The summed E-state index contributed by atoms with van der Waals surface area (Å²) >= 11 is 4.14. The summed E-state index contributed by atoms with van der Waals surface area (Å²) in [6.07, 6.45) is 1.22. The smallest absolute Gasteiger partial charge is 0.320 e. The number of nitrogens with one attached hydrogen (secondary N) is 2. The van der Waals surface area contributed by atoms with Crippen molar-refractivity contribution in [3.05, 3.63) is 0 Å². The van der Waals surface area contributed by atoms with Crippen molar-refractivity contribution in [3.63, 3.8) is 0 Å². The third-order valence-corrected chi connectivity index (χ3v) is 5.26. The molecule has 0 aliphatic carbocycles. The van der Waals surface area contributed by atoms with Crippen LogP contribution >= 0.6 is 12.6 Å². The van der Waals surface area contributed by atoms with Crippen LogP contribution in [-0.2, 0) is 19.2 Å². The van der Waals surface area contributed by atoms with Crippen LogP contribution in [0.2, 0.25) is 0 Å². The number of aliphatic hydroxyl groups is 1. The van der Waals surface area contributed by atoms with Gasteiger partial charge in [-0.05, 0) is 39.5 Å². The maximum Gasteiger partial charge on any atom is 0.320 e. The predicted octanol–water partition coefficient (Wildman–Crippen LogP) is -0.544. The fourth-order valence-electron chi connectivity index (χ4n) is 2.70. The molecule has 0 radical (unpaired) electrons. The van der Waals surface area contributed by atoms with Crippen LogP contribution in [0, 0.1) is 17.3 Å². The van der Waals surface area contributed by atoms with E-state index in [-0.39, 0.29) is 38.3 Å². The molecule has 0 saturated heterocycles. The maximum atomic E-state index is 12.7. The van der Waals surface area contributed by atoms with Crippen molar-refractivity contribution in [1.29, 1.82) is 0 Å². The molecule has 10 nitrogen and oxygen atoms in total. The number of rotatable bonds is 15. The van der Waals surface area contributed by atoms with Crippen molar-refractivity contribution in [1.82, 2.24) is 10.6 Å². The largest absolute Gasteiger partial charge is 0.481 e. The van der Waals surface area contributed by atoms with Crippen LogP contribution in [0.25, 0.3) is 0 Å². The Morgan fingerprint density at radius 2 is 1.62 bits per heavy atom. The summed E-state index contributed by atoms with van der Waals surface area (Å²) in [6, 6.07) is -0.960. The van der Waals surface area contributed by atoms with Gasteiger partial charge in [0.05, 0.1) is 17.9 Å². The molecule has 0 aromatic carbocycles. The molecule has 0 heterocycles. The Morgan fingerprint density at radius 3 is 2.10 bits per heavy atom. The Kier molecular flexibility index (Phi) is 12.5. The van der Waals surface area contributed by atoms with Gasteiger partial charge in [0.25, 0.3) is 0 Å². The molecule has 168 valence electrons. The summed E-state index contributed by atoms with van der Waals surface area (Å²) in [5, 5.41) is 32.3. The van der Waals surface area contributed by atoms with Gasteiger partial charge in [-0.15, -0.1) is 0 Å². The summed E-state index contributed by atoms with van der Waals surface area (Å²) in [7, 11) is 0. The third kappa shape index (κ3) is 9.46. The summed E-state index contributed by atoms with van der Waals surface area (Å²) in [5.41, 5.74) is 3.99. The van der Waals surface area contributed by atoms with Gasteiger partial charge in [0.2, 0.25) is 11.8 Å². The predicted molar refractivity (Wildman–Crippen MR) is 109 cm³/mol. The lowest BCUT2D eigenvalue weighted by atomic mass is 9.73. The van der Waals surface area contributed by atoms with Crippen molar-refractivity contribution in [2.45, 2.75) is 45.6 Å². The van der Waals surface area contributed by atoms with Gasteiger partial charge < -0.3 is 31.7 Å². The van der Waals surface area contributed by atoms with E-state index in [0.29, 0.717) is 12.8 Å². The van der Waals surface area contributed by atoms with Crippen LogP contribution in [0.3, 0.4) is 0 Å². The van der Waals surface area contributed by atoms with Gasteiger partial charge >= 0.3 is 11.9 Å². The van der Waals surface area contributed by atoms with Crippen molar-refractivity contribution >= 4 is 36.4 Å². The highest BCUT2D eigenvalue weighted by atomic mass is 32.1. The van der Waals surface area contributed by atoms with E-state index >= 15 is 0 Å². The molecular formula is C18H33N3O7S. The molecule has 3 unspecified atom stereocenters. The molecule has 11 heteroatoms. The van der Waals surface area contributed by atoms with E-state index in [4.69, 9.17) is 15.9 Å². The molecule has 29 heavy (non-hydrogen) atoms. The lowest BCUT2D eigenvalue weighted by molar-refractivity contribution is -0.155. The number of aliphatic hydroxyl groups excluding tert-OH is 1. The minimum absolute atomic E-state index is 0.0181. The second-order valence-electron chi connectivity index (χ2n) is 7.44.